The van der Waals surface area contributed by atoms with Gasteiger partial charge >= 0.3 is 0 Å². The van der Waals surface area contributed by atoms with Crippen LogP contribution in [-0.2, 0) is 9.53 Å². The predicted octanol–water partition coefficient (Wildman–Crippen LogP) is 2.20. The summed E-state index contributed by atoms with van der Waals surface area (Å²) >= 11 is 0. The van der Waals surface area contributed by atoms with Crippen molar-refractivity contribution in [3.63, 3.8) is 0 Å². The van der Waals surface area contributed by atoms with E-state index in [4.69, 9.17) is 4.74 Å². The van der Waals surface area contributed by atoms with Crippen molar-refractivity contribution in [1.82, 2.24) is 4.90 Å². The van der Waals surface area contributed by atoms with Gasteiger partial charge in [0.15, 0.2) is 0 Å². The molecule has 3 heteroatoms. The smallest absolute Gasteiger partial charge is 0.248 e. The number of carbonyl (C=O) groups excluding carboxylic acids is 1. The molecule has 0 radical (unpaired) electrons. The summed E-state index contributed by atoms with van der Waals surface area (Å²) in [6.45, 7) is 6.28. The largest absolute Gasteiger partial charge is 0.367 e. The van der Waals surface area contributed by atoms with Gasteiger partial charge in [-0.1, -0.05) is 33.1 Å². The zero-order chi connectivity index (χ0) is 11.1. The highest BCUT2D eigenvalue weighted by atomic mass is 16.5. The van der Waals surface area contributed by atoms with Crippen LogP contribution in [0.15, 0.2) is 0 Å². The first-order valence-electron chi connectivity index (χ1n) is 6.17. The summed E-state index contributed by atoms with van der Waals surface area (Å²) in [6.07, 6.45) is 6.14. The molecular formula is C12H23NO2. The molecule has 1 unspecified atom stereocenters. The average molecular weight is 213 g/mol. The lowest BCUT2D eigenvalue weighted by Gasteiger charge is -2.32. The standard InChI is InChI=1S/C12H23NO2/c1-3-5-6-7-11-9-13(8-4-2)12(14)10-15-11/h11H,3-10H2,1-2H3. The maximum absolute atomic E-state index is 11.5. The van der Waals surface area contributed by atoms with E-state index in [1.165, 1.54) is 19.3 Å². The molecule has 1 atom stereocenters. The van der Waals surface area contributed by atoms with E-state index in [1.807, 2.05) is 4.90 Å². The topological polar surface area (TPSA) is 29.5 Å². The number of hydrogen-bond donors (Lipinski definition) is 0. The monoisotopic (exact) mass is 213 g/mol. The summed E-state index contributed by atoms with van der Waals surface area (Å²) < 4.78 is 5.52. The van der Waals surface area contributed by atoms with Gasteiger partial charge in [-0.15, -0.1) is 0 Å². The van der Waals surface area contributed by atoms with Crippen LogP contribution in [0.5, 0.6) is 0 Å². The number of amides is 1. The predicted molar refractivity (Wildman–Crippen MR) is 60.8 cm³/mol. The van der Waals surface area contributed by atoms with Crippen molar-refractivity contribution in [3.05, 3.63) is 0 Å². The van der Waals surface area contributed by atoms with Gasteiger partial charge in [-0.2, -0.15) is 0 Å². The summed E-state index contributed by atoms with van der Waals surface area (Å²) in [5.41, 5.74) is 0. The van der Waals surface area contributed by atoms with Gasteiger partial charge in [0, 0.05) is 13.1 Å². The van der Waals surface area contributed by atoms with E-state index in [-0.39, 0.29) is 18.6 Å². The van der Waals surface area contributed by atoms with Crippen molar-refractivity contribution < 1.29 is 9.53 Å². The third-order valence-electron chi connectivity index (χ3n) is 2.84. The fraction of sp³-hybridized carbons (Fsp3) is 0.917. The Morgan fingerprint density at radius 2 is 2.13 bits per heavy atom. The average Bonchev–Trinajstić information content (AvgIpc) is 2.23. The van der Waals surface area contributed by atoms with Crippen molar-refractivity contribution in [2.24, 2.45) is 0 Å². The van der Waals surface area contributed by atoms with Gasteiger partial charge in [0.1, 0.15) is 6.61 Å². The van der Waals surface area contributed by atoms with E-state index in [0.717, 1.165) is 25.9 Å². The Labute approximate surface area is 92.8 Å². The number of carbonyl (C=O) groups is 1. The lowest BCUT2D eigenvalue weighted by atomic mass is 10.1. The minimum Gasteiger partial charge on any atom is -0.367 e. The lowest BCUT2D eigenvalue weighted by Crippen LogP contribution is -2.46. The first kappa shape index (κ1) is 12.5. The van der Waals surface area contributed by atoms with E-state index < -0.39 is 0 Å². The molecule has 0 aromatic carbocycles. The summed E-state index contributed by atoms with van der Waals surface area (Å²) in [5.74, 6) is 0.156. The number of morpholine rings is 1. The third kappa shape index (κ3) is 4.20. The molecule has 88 valence electrons. The Morgan fingerprint density at radius 3 is 2.80 bits per heavy atom. The van der Waals surface area contributed by atoms with Gasteiger partial charge in [-0.25, -0.2) is 0 Å². The summed E-state index contributed by atoms with van der Waals surface area (Å²) in [7, 11) is 0. The Balaban J connectivity index is 2.26. The van der Waals surface area contributed by atoms with Gasteiger partial charge in [0.25, 0.3) is 0 Å². The highest BCUT2D eigenvalue weighted by Gasteiger charge is 2.24. The minimum atomic E-state index is 0.156. The molecule has 1 rings (SSSR count). The molecule has 1 aliphatic rings. The first-order chi connectivity index (χ1) is 7.27. The molecule has 0 N–H and O–H groups in total. The van der Waals surface area contributed by atoms with E-state index in [1.54, 1.807) is 0 Å². The number of hydrogen-bond acceptors (Lipinski definition) is 2. The molecule has 0 aromatic heterocycles. The molecule has 1 amide bonds. The first-order valence-corrected chi connectivity index (χ1v) is 6.17. The molecule has 1 aliphatic heterocycles. The van der Waals surface area contributed by atoms with Crippen molar-refractivity contribution in [2.45, 2.75) is 52.1 Å². The summed E-state index contributed by atoms with van der Waals surface area (Å²) in [6, 6.07) is 0. The second kappa shape index (κ2) is 6.83. The van der Waals surface area contributed by atoms with Crippen LogP contribution in [0.2, 0.25) is 0 Å². The zero-order valence-corrected chi connectivity index (χ0v) is 10.00. The zero-order valence-electron chi connectivity index (χ0n) is 10.00. The fourth-order valence-corrected chi connectivity index (χ4v) is 1.96. The van der Waals surface area contributed by atoms with Crippen LogP contribution >= 0.6 is 0 Å². The molecular weight excluding hydrogens is 190 g/mol. The van der Waals surface area contributed by atoms with Crippen LogP contribution < -0.4 is 0 Å². The molecule has 15 heavy (non-hydrogen) atoms. The van der Waals surface area contributed by atoms with Crippen molar-refractivity contribution in [3.8, 4) is 0 Å². The molecule has 1 fully saturated rings. The van der Waals surface area contributed by atoms with Crippen LogP contribution in [0.4, 0.5) is 0 Å². The van der Waals surface area contributed by atoms with Gasteiger partial charge in [-0.3, -0.25) is 4.79 Å². The van der Waals surface area contributed by atoms with Crippen LogP contribution in [-0.4, -0.2) is 36.6 Å². The number of unbranched alkanes of at least 4 members (excludes halogenated alkanes) is 2. The van der Waals surface area contributed by atoms with Crippen LogP contribution in [0.1, 0.15) is 46.0 Å². The van der Waals surface area contributed by atoms with Gasteiger partial charge in [0.05, 0.1) is 6.10 Å². The highest BCUT2D eigenvalue weighted by Crippen LogP contribution is 2.13. The Morgan fingerprint density at radius 1 is 1.33 bits per heavy atom. The quantitative estimate of drug-likeness (QED) is 0.633. The normalized spacial score (nSPS) is 22.1. The maximum atomic E-state index is 11.5. The minimum absolute atomic E-state index is 0.156. The molecule has 1 heterocycles. The molecule has 0 saturated carbocycles. The summed E-state index contributed by atoms with van der Waals surface area (Å²) in [5, 5.41) is 0. The molecule has 0 spiro atoms. The second-order valence-corrected chi connectivity index (χ2v) is 4.27. The molecule has 1 saturated heterocycles. The van der Waals surface area contributed by atoms with Crippen LogP contribution in [0.3, 0.4) is 0 Å². The van der Waals surface area contributed by atoms with E-state index in [2.05, 4.69) is 13.8 Å². The lowest BCUT2D eigenvalue weighted by molar-refractivity contribution is -0.149. The van der Waals surface area contributed by atoms with E-state index in [9.17, 15) is 4.79 Å². The van der Waals surface area contributed by atoms with E-state index >= 15 is 0 Å². The SMILES string of the molecule is CCCCCC1CN(CCC)C(=O)CO1. The van der Waals surface area contributed by atoms with E-state index in [0.29, 0.717) is 0 Å². The molecule has 0 aliphatic carbocycles. The fourth-order valence-electron chi connectivity index (χ4n) is 1.96. The Bertz CT molecular complexity index is 194. The Kier molecular flexibility index (Phi) is 5.69. The molecule has 0 aromatic rings. The van der Waals surface area contributed by atoms with Gasteiger partial charge in [0.2, 0.25) is 5.91 Å². The highest BCUT2D eigenvalue weighted by molar-refractivity contribution is 5.78. The number of rotatable bonds is 6. The van der Waals surface area contributed by atoms with Crippen LogP contribution in [0.25, 0.3) is 0 Å². The van der Waals surface area contributed by atoms with Crippen molar-refractivity contribution in [2.75, 3.05) is 19.7 Å². The Hall–Kier alpha value is -0.570. The number of ether oxygens (including phenoxy) is 1. The van der Waals surface area contributed by atoms with Gasteiger partial charge in [-0.05, 0) is 12.8 Å². The van der Waals surface area contributed by atoms with Crippen molar-refractivity contribution in [1.29, 1.82) is 0 Å². The summed E-state index contributed by atoms with van der Waals surface area (Å²) in [4.78, 5) is 13.4. The van der Waals surface area contributed by atoms with Crippen LogP contribution in [0, 0.1) is 0 Å². The molecule has 0 bridgehead atoms. The second-order valence-electron chi connectivity index (χ2n) is 4.27. The molecule has 3 nitrogen and oxygen atoms in total. The van der Waals surface area contributed by atoms with Gasteiger partial charge < -0.3 is 9.64 Å². The number of nitrogens with zero attached hydrogens (tertiary/aromatic N) is 1. The van der Waals surface area contributed by atoms with Crippen molar-refractivity contribution >= 4 is 5.91 Å². The maximum Gasteiger partial charge on any atom is 0.248 e. The third-order valence-corrected chi connectivity index (χ3v) is 2.84.